The van der Waals surface area contributed by atoms with Crippen LogP contribution < -0.4 is 10.6 Å². The first-order valence-electron chi connectivity index (χ1n) is 4.57. The van der Waals surface area contributed by atoms with Crippen molar-refractivity contribution in [3.63, 3.8) is 0 Å². The molecule has 0 spiro atoms. The van der Waals surface area contributed by atoms with Crippen molar-refractivity contribution in [1.29, 1.82) is 0 Å². The normalized spacial score (nSPS) is 10.9. The van der Waals surface area contributed by atoms with Crippen molar-refractivity contribution in [3.8, 4) is 0 Å². The first kappa shape index (κ1) is 11.4. The molecule has 5 heteroatoms. The molecule has 82 valence electrons. The topological polar surface area (TPSA) is 54.0 Å². The molecule has 2 amide bonds. The Kier molecular flexibility index (Phi) is 3.24. The van der Waals surface area contributed by atoms with Crippen LogP contribution in [0.2, 0.25) is 0 Å². The Morgan fingerprint density at radius 2 is 2.07 bits per heavy atom. The van der Waals surface area contributed by atoms with Crippen LogP contribution in [0.15, 0.2) is 18.3 Å². The molecular formula is C10H14FN3O. The van der Waals surface area contributed by atoms with Gasteiger partial charge in [0.15, 0.2) is 0 Å². The fraction of sp³-hybridized carbons (Fsp3) is 0.400. The number of amides is 2. The predicted octanol–water partition coefficient (Wildman–Crippen LogP) is 2.14. The summed E-state index contributed by atoms with van der Waals surface area (Å²) in [5.74, 6) is -0.116. The van der Waals surface area contributed by atoms with Crippen molar-refractivity contribution >= 4 is 11.8 Å². The highest BCUT2D eigenvalue weighted by Crippen LogP contribution is 2.04. The van der Waals surface area contributed by atoms with Gasteiger partial charge in [-0.25, -0.2) is 14.2 Å². The van der Waals surface area contributed by atoms with Crippen molar-refractivity contribution in [2.24, 2.45) is 0 Å². The van der Waals surface area contributed by atoms with E-state index in [1.54, 1.807) is 0 Å². The molecule has 0 atom stereocenters. The number of hydrogen-bond acceptors (Lipinski definition) is 2. The number of aromatic nitrogens is 1. The Bertz CT molecular complexity index is 343. The Balaban J connectivity index is 2.55. The number of urea groups is 1. The molecule has 15 heavy (non-hydrogen) atoms. The molecule has 1 aromatic heterocycles. The summed E-state index contributed by atoms with van der Waals surface area (Å²) in [4.78, 5) is 15.1. The lowest BCUT2D eigenvalue weighted by atomic mass is 10.1. The number of nitrogens with zero attached hydrogens (tertiary/aromatic N) is 1. The molecule has 0 fully saturated rings. The minimum Gasteiger partial charge on any atom is -0.333 e. The second kappa shape index (κ2) is 4.25. The number of anilines is 1. The SMILES string of the molecule is CC(C)(C)NC(=O)Nc1ccc(F)cn1. The average molecular weight is 211 g/mol. The molecule has 0 radical (unpaired) electrons. The highest BCUT2D eigenvalue weighted by molar-refractivity contribution is 5.88. The molecule has 1 heterocycles. The molecular weight excluding hydrogens is 197 g/mol. The molecule has 0 aromatic carbocycles. The van der Waals surface area contributed by atoms with E-state index in [0.717, 1.165) is 6.20 Å². The quantitative estimate of drug-likeness (QED) is 0.747. The van der Waals surface area contributed by atoms with Gasteiger partial charge < -0.3 is 5.32 Å². The Morgan fingerprint density at radius 3 is 2.53 bits per heavy atom. The van der Waals surface area contributed by atoms with E-state index in [4.69, 9.17) is 0 Å². The van der Waals surface area contributed by atoms with E-state index in [1.807, 2.05) is 20.8 Å². The lowest BCUT2D eigenvalue weighted by molar-refractivity contribution is 0.243. The second-order valence-electron chi connectivity index (χ2n) is 4.19. The van der Waals surface area contributed by atoms with E-state index in [9.17, 15) is 9.18 Å². The molecule has 0 saturated heterocycles. The van der Waals surface area contributed by atoms with Gasteiger partial charge in [0.1, 0.15) is 11.6 Å². The monoisotopic (exact) mass is 211 g/mol. The van der Waals surface area contributed by atoms with Crippen LogP contribution in [0.5, 0.6) is 0 Å². The maximum absolute atomic E-state index is 12.5. The zero-order valence-corrected chi connectivity index (χ0v) is 8.97. The summed E-state index contributed by atoms with van der Waals surface area (Å²) in [5.41, 5.74) is -0.315. The summed E-state index contributed by atoms with van der Waals surface area (Å²) >= 11 is 0. The van der Waals surface area contributed by atoms with E-state index in [0.29, 0.717) is 5.82 Å². The molecule has 1 aromatic rings. The van der Waals surface area contributed by atoms with E-state index in [1.165, 1.54) is 12.1 Å². The summed E-state index contributed by atoms with van der Waals surface area (Å²) in [7, 11) is 0. The zero-order chi connectivity index (χ0) is 11.5. The lowest BCUT2D eigenvalue weighted by Crippen LogP contribution is -2.43. The largest absolute Gasteiger partial charge is 0.333 e. The highest BCUT2D eigenvalue weighted by Gasteiger charge is 2.13. The van der Waals surface area contributed by atoms with E-state index in [-0.39, 0.29) is 11.6 Å². The van der Waals surface area contributed by atoms with Gasteiger partial charge in [-0.1, -0.05) is 0 Å². The smallest absolute Gasteiger partial charge is 0.320 e. The van der Waals surface area contributed by atoms with Gasteiger partial charge in [-0.2, -0.15) is 0 Å². The minimum absolute atomic E-state index is 0.315. The van der Waals surface area contributed by atoms with Gasteiger partial charge in [-0.15, -0.1) is 0 Å². The number of carbonyl (C=O) groups excluding carboxylic acids is 1. The maximum Gasteiger partial charge on any atom is 0.320 e. The lowest BCUT2D eigenvalue weighted by Gasteiger charge is -2.20. The van der Waals surface area contributed by atoms with Gasteiger partial charge in [0.05, 0.1) is 6.20 Å². The summed E-state index contributed by atoms with van der Waals surface area (Å²) in [5, 5.41) is 5.20. The molecule has 4 nitrogen and oxygen atoms in total. The molecule has 0 unspecified atom stereocenters. The molecule has 1 rings (SSSR count). The Hall–Kier alpha value is -1.65. The van der Waals surface area contributed by atoms with E-state index < -0.39 is 5.82 Å². The number of nitrogens with one attached hydrogen (secondary N) is 2. The van der Waals surface area contributed by atoms with Crippen LogP contribution in [0.1, 0.15) is 20.8 Å². The van der Waals surface area contributed by atoms with Crippen molar-refractivity contribution < 1.29 is 9.18 Å². The summed E-state index contributed by atoms with van der Waals surface area (Å²) in [6, 6.07) is 2.28. The average Bonchev–Trinajstić information content (AvgIpc) is 2.05. The van der Waals surface area contributed by atoms with Gasteiger partial charge >= 0.3 is 6.03 Å². The summed E-state index contributed by atoms with van der Waals surface area (Å²) < 4.78 is 12.5. The number of carbonyl (C=O) groups is 1. The van der Waals surface area contributed by atoms with Crippen molar-refractivity contribution in [2.75, 3.05) is 5.32 Å². The Morgan fingerprint density at radius 1 is 1.40 bits per heavy atom. The van der Waals surface area contributed by atoms with Crippen molar-refractivity contribution in [1.82, 2.24) is 10.3 Å². The van der Waals surface area contributed by atoms with Gasteiger partial charge in [0.25, 0.3) is 0 Å². The molecule has 0 aliphatic heterocycles. The predicted molar refractivity (Wildman–Crippen MR) is 56.1 cm³/mol. The summed E-state index contributed by atoms with van der Waals surface area (Å²) in [6.07, 6.45) is 1.05. The van der Waals surface area contributed by atoms with Crippen molar-refractivity contribution in [2.45, 2.75) is 26.3 Å². The third-order valence-electron chi connectivity index (χ3n) is 1.46. The van der Waals surface area contributed by atoms with Gasteiger partial charge in [-0.05, 0) is 32.9 Å². The first-order valence-corrected chi connectivity index (χ1v) is 4.57. The molecule has 0 aliphatic carbocycles. The van der Waals surface area contributed by atoms with E-state index >= 15 is 0 Å². The first-order chi connectivity index (χ1) is 6.87. The molecule has 0 saturated carbocycles. The summed E-state index contributed by atoms with van der Waals surface area (Å²) in [6.45, 7) is 5.60. The van der Waals surface area contributed by atoms with Crippen molar-refractivity contribution in [3.05, 3.63) is 24.1 Å². The third-order valence-corrected chi connectivity index (χ3v) is 1.46. The van der Waals surface area contributed by atoms with Crippen LogP contribution in [0, 0.1) is 5.82 Å². The number of hydrogen-bond donors (Lipinski definition) is 2. The van der Waals surface area contributed by atoms with Crippen LogP contribution >= 0.6 is 0 Å². The van der Waals surface area contributed by atoms with Crippen LogP contribution in [0.4, 0.5) is 15.0 Å². The number of rotatable bonds is 1. The molecule has 2 N–H and O–H groups in total. The van der Waals surface area contributed by atoms with Gasteiger partial charge in [-0.3, -0.25) is 5.32 Å². The number of pyridine rings is 1. The second-order valence-corrected chi connectivity index (χ2v) is 4.19. The number of halogens is 1. The fourth-order valence-corrected chi connectivity index (χ4v) is 0.938. The minimum atomic E-state index is -0.434. The van der Waals surface area contributed by atoms with Crippen LogP contribution in [0.25, 0.3) is 0 Å². The molecule has 0 aliphatic rings. The zero-order valence-electron chi connectivity index (χ0n) is 8.97. The Labute approximate surface area is 87.9 Å². The van der Waals surface area contributed by atoms with Crippen LogP contribution in [0.3, 0.4) is 0 Å². The highest BCUT2D eigenvalue weighted by atomic mass is 19.1. The fourth-order valence-electron chi connectivity index (χ4n) is 0.938. The third kappa shape index (κ3) is 4.39. The van der Waals surface area contributed by atoms with Gasteiger partial charge in [0, 0.05) is 5.54 Å². The standard InChI is InChI=1S/C10H14FN3O/c1-10(2,3)14-9(15)13-8-5-4-7(11)6-12-8/h4-6H,1-3H3,(H2,12,13,14,15). The van der Waals surface area contributed by atoms with E-state index in [2.05, 4.69) is 15.6 Å². The van der Waals surface area contributed by atoms with Crippen LogP contribution in [-0.4, -0.2) is 16.6 Å². The van der Waals surface area contributed by atoms with Gasteiger partial charge in [0.2, 0.25) is 0 Å². The van der Waals surface area contributed by atoms with Crippen LogP contribution in [-0.2, 0) is 0 Å². The molecule has 0 bridgehead atoms. The maximum atomic E-state index is 12.5.